The van der Waals surface area contributed by atoms with E-state index in [1.807, 2.05) is 4.90 Å². The molecule has 34 heavy (non-hydrogen) atoms. The molecular formula is C25H31ClF3N3O2. The molecule has 1 aromatic rings. The lowest BCUT2D eigenvalue weighted by Gasteiger charge is -2.38. The van der Waals surface area contributed by atoms with E-state index in [-0.39, 0.29) is 40.9 Å². The zero-order valence-corrected chi connectivity index (χ0v) is 19.9. The number of amides is 2. The average Bonchev–Trinajstić information content (AvgIpc) is 3.17. The Labute approximate surface area is 203 Å². The van der Waals surface area contributed by atoms with Crippen molar-refractivity contribution in [2.24, 2.45) is 23.2 Å². The van der Waals surface area contributed by atoms with E-state index in [0.29, 0.717) is 32.6 Å². The number of nitrogens with one attached hydrogen (secondary N) is 1. The third-order valence-electron chi connectivity index (χ3n) is 8.51. The standard InChI is InChI=1S/C25H31ClF3N3O2/c26-20-1-2-21(25(27,28)29)19(9-20)15-31-3-5-32(6-4-31)23(34)14-30-22(33)13-24-10-16-7-17(11-24)18(8-16)12-24/h1-2,9,16-18H,3-8,10-15H2,(H,30,33). The highest BCUT2D eigenvalue weighted by atomic mass is 35.5. The molecule has 2 atom stereocenters. The third kappa shape index (κ3) is 4.94. The van der Waals surface area contributed by atoms with Gasteiger partial charge in [-0.2, -0.15) is 13.2 Å². The Morgan fingerprint density at radius 1 is 1.06 bits per heavy atom. The maximum atomic E-state index is 13.3. The van der Waals surface area contributed by atoms with Gasteiger partial charge in [-0.1, -0.05) is 11.6 Å². The number of piperazine rings is 1. The van der Waals surface area contributed by atoms with E-state index in [1.165, 1.54) is 37.8 Å². The van der Waals surface area contributed by atoms with Gasteiger partial charge in [0.15, 0.2) is 0 Å². The van der Waals surface area contributed by atoms with E-state index in [1.54, 1.807) is 4.90 Å². The number of rotatable bonds is 6. The van der Waals surface area contributed by atoms with E-state index in [2.05, 4.69) is 5.32 Å². The minimum atomic E-state index is -4.44. The van der Waals surface area contributed by atoms with Crippen LogP contribution in [0.3, 0.4) is 0 Å². The molecule has 5 fully saturated rings. The Kier molecular flexibility index (Phi) is 6.34. The van der Waals surface area contributed by atoms with E-state index < -0.39 is 11.7 Å². The Balaban J connectivity index is 1.07. The van der Waals surface area contributed by atoms with Gasteiger partial charge in [0.1, 0.15) is 0 Å². The fourth-order valence-corrected chi connectivity index (χ4v) is 7.45. The molecule has 4 bridgehead atoms. The van der Waals surface area contributed by atoms with Crippen molar-refractivity contribution in [1.82, 2.24) is 15.1 Å². The Morgan fingerprint density at radius 2 is 1.74 bits per heavy atom. The number of alkyl halides is 3. The Hall–Kier alpha value is -1.80. The van der Waals surface area contributed by atoms with Gasteiger partial charge in [-0.05, 0) is 79.0 Å². The topological polar surface area (TPSA) is 52.7 Å². The highest BCUT2D eigenvalue weighted by Crippen LogP contribution is 2.65. The quantitative estimate of drug-likeness (QED) is 0.636. The maximum Gasteiger partial charge on any atom is 0.416 e. The van der Waals surface area contributed by atoms with Crippen molar-refractivity contribution in [2.45, 2.75) is 51.2 Å². The summed E-state index contributed by atoms with van der Waals surface area (Å²) in [6.45, 7) is 1.89. The number of benzene rings is 1. The van der Waals surface area contributed by atoms with E-state index in [0.717, 1.165) is 30.2 Å². The number of hydrogen-bond donors (Lipinski definition) is 1. The van der Waals surface area contributed by atoms with Crippen molar-refractivity contribution in [3.8, 4) is 0 Å². The summed E-state index contributed by atoms with van der Waals surface area (Å²) in [5, 5.41) is 3.10. The van der Waals surface area contributed by atoms with Crippen LogP contribution in [0.4, 0.5) is 13.2 Å². The van der Waals surface area contributed by atoms with Crippen LogP contribution < -0.4 is 5.32 Å². The van der Waals surface area contributed by atoms with Crippen LogP contribution in [0.1, 0.15) is 49.7 Å². The smallest absolute Gasteiger partial charge is 0.347 e. The SMILES string of the molecule is O=C(CC12CC3CC(C1)C(C3)C2)NCC(=O)N1CCN(Cc2cc(Cl)ccc2C(F)(F)F)CC1. The summed E-state index contributed by atoms with van der Waals surface area (Å²) < 4.78 is 40.0. The van der Waals surface area contributed by atoms with Crippen molar-refractivity contribution in [3.63, 3.8) is 0 Å². The minimum absolute atomic E-state index is 0.0162. The third-order valence-corrected chi connectivity index (χ3v) is 8.75. The van der Waals surface area contributed by atoms with Gasteiger partial charge in [-0.15, -0.1) is 0 Å². The molecule has 6 rings (SSSR count). The second-order valence-electron chi connectivity index (χ2n) is 10.9. The van der Waals surface area contributed by atoms with Crippen molar-refractivity contribution >= 4 is 23.4 Å². The number of halogens is 4. The molecule has 0 radical (unpaired) electrons. The summed E-state index contributed by atoms with van der Waals surface area (Å²) in [7, 11) is 0. The van der Waals surface area contributed by atoms with Gasteiger partial charge >= 0.3 is 6.18 Å². The molecule has 1 aromatic carbocycles. The number of hydrogen-bond acceptors (Lipinski definition) is 3. The van der Waals surface area contributed by atoms with Crippen molar-refractivity contribution in [2.75, 3.05) is 32.7 Å². The molecule has 1 aliphatic heterocycles. The van der Waals surface area contributed by atoms with Crippen LogP contribution in [0.25, 0.3) is 0 Å². The average molecular weight is 498 g/mol. The first kappa shape index (κ1) is 23.9. The van der Waals surface area contributed by atoms with Gasteiger partial charge in [0, 0.05) is 44.2 Å². The van der Waals surface area contributed by atoms with Gasteiger partial charge in [0.05, 0.1) is 12.1 Å². The van der Waals surface area contributed by atoms with Crippen LogP contribution >= 0.6 is 11.6 Å². The molecule has 2 amide bonds. The summed E-state index contributed by atoms with van der Waals surface area (Å²) in [6, 6.07) is 3.63. The molecule has 1 saturated heterocycles. The van der Waals surface area contributed by atoms with Crippen LogP contribution in [0.15, 0.2) is 18.2 Å². The van der Waals surface area contributed by atoms with Crippen LogP contribution in [0.2, 0.25) is 5.02 Å². The summed E-state index contributed by atoms with van der Waals surface area (Å²) in [5.41, 5.74) is -0.382. The Morgan fingerprint density at radius 3 is 2.35 bits per heavy atom. The molecule has 4 saturated carbocycles. The Bertz CT molecular complexity index is 942. The number of carbonyl (C=O) groups is 2. The van der Waals surface area contributed by atoms with Gasteiger partial charge < -0.3 is 10.2 Å². The van der Waals surface area contributed by atoms with Crippen LogP contribution in [0, 0.1) is 23.2 Å². The molecule has 5 nitrogen and oxygen atoms in total. The molecule has 0 spiro atoms. The second kappa shape index (κ2) is 9.01. The first-order chi connectivity index (χ1) is 16.1. The lowest BCUT2D eigenvalue weighted by Crippen LogP contribution is -2.51. The predicted molar refractivity (Wildman–Crippen MR) is 122 cm³/mol. The molecule has 2 unspecified atom stereocenters. The van der Waals surface area contributed by atoms with Crippen molar-refractivity contribution in [3.05, 3.63) is 34.3 Å². The van der Waals surface area contributed by atoms with Gasteiger partial charge in [0.25, 0.3) is 0 Å². The molecule has 1 N–H and O–H groups in total. The molecule has 9 heteroatoms. The molecule has 1 heterocycles. The number of carbonyl (C=O) groups excluding carboxylic acids is 2. The van der Waals surface area contributed by atoms with E-state index >= 15 is 0 Å². The highest BCUT2D eigenvalue weighted by molar-refractivity contribution is 6.30. The molecule has 186 valence electrons. The fourth-order valence-electron chi connectivity index (χ4n) is 7.25. The first-order valence-corrected chi connectivity index (χ1v) is 12.6. The highest BCUT2D eigenvalue weighted by Gasteiger charge is 2.56. The number of nitrogens with zero attached hydrogens (tertiary/aromatic N) is 2. The molecule has 5 aliphatic rings. The van der Waals surface area contributed by atoms with Gasteiger partial charge in [-0.25, -0.2) is 0 Å². The minimum Gasteiger partial charge on any atom is -0.347 e. The first-order valence-electron chi connectivity index (χ1n) is 12.2. The fraction of sp³-hybridized carbons (Fsp3) is 0.680. The zero-order valence-electron chi connectivity index (χ0n) is 19.2. The van der Waals surface area contributed by atoms with Crippen LogP contribution in [-0.4, -0.2) is 54.3 Å². The summed E-state index contributed by atoms with van der Waals surface area (Å²) in [4.78, 5) is 28.8. The summed E-state index contributed by atoms with van der Waals surface area (Å²) in [5.74, 6) is 2.24. The normalized spacial score (nSPS) is 30.7. The lowest BCUT2D eigenvalue weighted by atomic mass is 9.67. The van der Waals surface area contributed by atoms with Crippen molar-refractivity contribution < 1.29 is 22.8 Å². The predicted octanol–water partition coefficient (Wildman–Crippen LogP) is 4.34. The summed E-state index contributed by atoms with van der Waals surface area (Å²) in [6.07, 6.45) is 2.26. The largest absolute Gasteiger partial charge is 0.416 e. The molecular weight excluding hydrogens is 467 g/mol. The zero-order chi connectivity index (χ0) is 24.1. The summed E-state index contributed by atoms with van der Waals surface area (Å²) >= 11 is 5.93. The maximum absolute atomic E-state index is 13.3. The van der Waals surface area contributed by atoms with E-state index in [4.69, 9.17) is 11.6 Å². The van der Waals surface area contributed by atoms with Crippen LogP contribution in [0.5, 0.6) is 0 Å². The monoisotopic (exact) mass is 497 g/mol. The van der Waals surface area contributed by atoms with E-state index in [9.17, 15) is 22.8 Å². The lowest BCUT2D eigenvalue weighted by molar-refractivity contribution is -0.138. The second-order valence-corrected chi connectivity index (χ2v) is 11.3. The molecule has 4 aliphatic carbocycles. The van der Waals surface area contributed by atoms with Gasteiger partial charge in [0.2, 0.25) is 11.8 Å². The van der Waals surface area contributed by atoms with Crippen LogP contribution in [-0.2, 0) is 22.3 Å². The molecule has 0 aromatic heterocycles. The van der Waals surface area contributed by atoms with Gasteiger partial charge in [-0.3, -0.25) is 14.5 Å². The van der Waals surface area contributed by atoms with Crippen molar-refractivity contribution in [1.29, 1.82) is 0 Å².